The summed E-state index contributed by atoms with van der Waals surface area (Å²) in [4.78, 5) is 12.2. The van der Waals surface area contributed by atoms with Crippen LogP contribution in [0, 0.1) is 6.92 Å². The molecule has 1 amide bonds. The lowest BCUT2D eigenvalue weighted by Gasteiger charge is -2.08. The van der Waals surface area contributed by atoms with Gasteiger partial charge >= 0.3 is 6.18 Å². The van der Waals surface area contributed by atoms with Gasteiger partial charge in [0, 0.05) is 37.4 Å². The summed E-state index contributed by atoms with van der Waals surface area (Å²) in [6.07, 6.45) is -0.425. The van der Waals surface area contributed by atoms with Gasteiger partial charge in [0.15, 0.2) is 5.69 Å². The van der Waals surface area contributed by atoms with E-state index in [0.717, 1.165) is 18.9 Å². The molecule has 0 aliphatic heterocycles. The Balaban J connectivity index is 1.55. The van der Waals surface area contributed by atoms with E-state index in [-0.39, 0.29) is 11.8 Å². The third-order valence-corrected chi connectivity index (χ3v) is 4.44. The zero-order valence-electron chi connectivity index (χ0n) is 14.8. The van der Waals surface area contributed by atoms with E-state index in [0.29, 0.717) is 43.0 Å². The number of carbonyl (C=O) groups is 1. The summed E-state index contributed by atoms with van der Waals surface area (Å²) in [6, 6.07) is 1.15. The minimum atomic E-state index is -4.43. The summed E-state index contributed by atoms with van der Waals surface area (Å²) in [5, 5.41) is 10.7. The molecule has 2 heterocycles. The van der Waals surface area contributed by atoms with Crippen LogP contribution in [0.5, 0.6) is 0 Å². The summed E-state index contributed by atoms with van der Waals surface area (Å²) in [5.74, 6) is -0.0446. The van der Waals surface area contributed by atoms with Crippen LogP contribution in [0.2, 0.25) is 0 Å². The highest BCUT2D eigenvalue weighted by Gasteiger charge is 2.37. The first-order chi connectivity index (χ1) is 12.3. The predicted molar refractivity (Wildman–Crippen MR) is 88.8 cm³/mol. The maximum atomic E-state index is 12.9. The highest BCUT2D eigenvalue weighted by molar-refractivity contribution is 5.94. The van der Waals surface area contributed by atoms with Crippen LogP contribution in [0.15, 0.2) is 12.3 Å². The zero-order chi connectivity index (χ0) is 18.9. The van der Waals surface area contributed by atoms with Gasteiger partial charge in [-0.3, -0.25) is 14.2 Å². The first-order valence-corrected chi connectivity index (χ1v) is 8.76. The van der Waals surface area contributed by atoms with Crippen molar-refractivity contribution in [3.63, 3.8) is 0 Å². The van der Waals surface area contributed by atoms with E-state index in [1.807, 2.05) is 6.92 Å². The van der Waals surface area contributed by atoms with Crippen LogP contribution in [0.4, 0.5) is 13.2 Å². The number of nitrogens with zero attached hydrogens (tertiary/aromatic N) is 4. The highest BCUT2D eigenvalue weighted by atomic mass is 19.4. The fourth-order valence-corrected chi connectivity index (χ4v) is 2.89. The summed E-state index contributed by atoms with van der Waals surface area (Å²) >= 11 is 0. The van der Waals surface area contributed by atoms with Crippen molar-refractivity contribution >= 4 is 5.91 Å². The van der Waals surface area contributed by atoms with Gasteiger partial charge in [0.05, 0.1) is 11.3 Å². The fourth-order valence-electron chi connectivity index (χ4n) is 2.89. The average molecular weight is 369 g/mol. The van der Waals surface area contributed by atoms with E-state index in [4.69, 9.17) is 0 Å². The van der Waals surface area contributed by atoms with Crippen molar-refractivity contribution in [2.24, 2.45) is 0 Å². The second-order valence-corrected chi connectivity index (χ2v) is 6.54. The lowest BCUT2D eigenvalue weighted by atomic mass is 10.2. The van der Waals surface area contributed by atoms with Crippen molar-refractivity contribution in [3.8, 4) is 0 Å². The van der Waals surface area contributed by atoms with Gasteiger partial charge in [-0.15, -0.1) is 0 Å². The van der Waals surface area contributed by atoms with Crippen molar-refractivity contribution in [1.29, 1.82) is 0 Å². The van der Waals surface area contributed by atoms with E-state index in [1.165, 1.54) is 4.68 Å². The smallest absolute Gasteiger partial charge is 0.352 e. The number of aromatic nitrogens is 4. The SMILES string of the molecule is CCn1cc(C(=O)NCCCn2nc(C(F)(F)F)cc2C2CC2)c(C)n1. The van der Waals surface area contributed by atoms with Gasteiger partial charge in [0.2, 0.25) is 0 Å². The van der Waals surface area contributed by atoms with Crippen LogP contribution in [0.25, 0.3) is 0 Å². The first-order valence-electron chi connectivity index (χ1n) is 8.76. The van der Waals surface area contributed by atoms with E-state index >= 15 is 0 Å². The van der Waals surface area contributed by atoms with Crippen LogP contribution in [-0.4, -0.2) is 32.0 Å². The lowest BCUT2D eigenvalue weighted by Crippen LogP contribution is -2.25. The molecule has 0 aromatic carbocycles. The number of hydrogen-bond donors (Lipinski definition) is 1. The Bertz CT molecular complexity index is 789. The Morgan fingerprint density at radius 1 is 1.35 bits per heavy atom. The normalized spacial score (nSPS) is 14.7. The van der Waals surface area contributed by atoms with Gasteiger partial charge in [0.1, 0.15) is 0 Å². The standard InChI is InChI=1S/C17H22F3N5O/c1-3-24-10-13(11(2)22-24)16(26)21-7-4-8-25-14(12-5-6-12)9-15(23-25)17(18,19)20/h9-10,12H,3-8H2,1-2H3,(H,21,26). The van der Waals surface area contributed by atoms with E-state index in [1.54, 1.807) is 17.8 Å². The van der Waals surface area contributed by atoms with Crippen molar-refractivity contribution in [3.05, 3.63) is 34.9 Å². The first kappa shape index (κ1) is 18.5. The Kier molecular flexibility index (Phi) is 5.06. The van der Waals surface area contributed by atoms with E-state index < -0.39 is 11.9 Å². The molecule has 1 N–H and O–H groups in total. The van der Waals surface area contributed by atoms with Crippen LogP contribution in [0.3, 0.4) is 0 Å². The van der Waals surface area contributed by atoms with Gasteiger partial charge in [-0.25, -0.2) is 0 Å². The van der Waals surface area contributed by atoms with Crippen LogP contribution < -0.4 is 5.32 Å². The molecular formula is C17H22F3N5O. The van der Waals surface area contributed by atoms with Crippen LogP contribution >= 0.6 is 0 Å². The van der Waals surface area contributed by atoms with Crippen molar-refractivity contribution < 1.29 is 18.0 Å². The number of nitrogens with one attached hydrogen (secondary N) is 1. The molecule has 2 aromatic heterocycles. The molecule has 0 radical (unpaired) electrons. The van der Waals surface area contributed by atoms with Gasteiger partial charge in [0.25, 0.3) is 5.91 Å². The van der Waals surface area contributed by atoms with Crippen molar-refractivity contribution in [1.82, 2.24) is 24.9 Å². The van der Waals surface area contributed by atoms with Crippen LogP contribution in [0.1, 0.15) is 59.5 Å². The Morgan fingerprint density at radius 3 is 2.65 bits per heavy atom. The molecule has 26 heavy (non-hydrogen) atoms. The number of halogens is 3. The lowest BCUT2D eigenvalue weighted by molar-refractivity contribution is -0.141. The Morgan fingerprint density at radius 2 is 2.08 bits per heavy atom. The molecule has 2 aromatic rings. The minimum absolute atomic E-state index is 0.177. The summed E-state index contributed by atoms with van der Waals surface area (Å²) in [7, 11) is 0. The molecule has 3 rings (SSSR count). The van der Waals surface area contributed by atoms with E-state index in [9.17, 15) is 18.0 Å². The second-order valence-electron chi connectivity index (χ2n) is 6.54. The maximum absolute atomic E-state index is 12.9. The maximum Gasteiger partial charge on any atom is 0.435 e. The monoisotopic (exact) mass is 369 g/mol. The van der Waals surface area contributed by atoms with Gasteiger partial charge in [-0.1, -0.05) is 0 Å². The molecule has 0 atom stereocenters. The number of carbonyl (C=O) groups excluding carboxylic acids is 1. The molecule has 9 heteroatoms. The minimum Gasteiger partial charge on any atom is -0.352 e. The molecule has 0 saturated heterocycles. The fraction of sp³-hybridized carbons (Fsp3) is 0.588. The summed E-state index contributed by atoms with van der Waals surface area (Å²) < 4.78 is 41.8. The molecule has 0 spiro atoms. The zero-order valence-corrected chi connectivity index (χ0v) is 14.8. The molecular weight excluding hydrogens is 347 g/mol. The second kappa shape index (κ2) is 7.13. The topological polar surface area (TPSA) is 64.7 Å². The third kappa shape index (κ3) is 4.08. The van der Waals surface area contributed by atoms with Gasteiger partial charge in [-0.2, -0.15) is 23.4 Å². The summed E-state index contributed by atoms with van der Waals surface area (Å²) in [6.45, 7) is 5.09. The van der Waals surface area contributed by atoms with Crippen molar-refractivity contribution in [2.45, 2.75) is 58.3 Å². The van der Waals surface area contributed by atoms with Gasteiger partial charge < -0.3 is 5.32 Å². The Labute approximate surface area is 149 Å². The molecule has 1 saturated carbocycles. The highest BCUT2D eigenvalue weighted by Crippen LogP contribution is 2.42. The quantitative estimate of drug-likeness (QED) is 0.763. The molecule has 6 nitrogen and oxygen atoms in total. The average Bonchev–Trinajstić information content (AvgIpc) is 3.21. The molecule has 142 valence electrons. The number of aryl methyl sites for hydroxylation is 3. The molecule has 0 unspecified atom stereocenters. The number of alkyl halides is 3. The number of hydrogen-bond acceptors (Lipinski definition) is 3. The molecule has 1 fully saturated rings. The summed E-state index contributed by atoms with van der Waals surface area (Å²) in [5.41, 5.74) is 0.973. The number of amides is 1. The van der Waals surface area contributed by atoms with Gasteiger partial charge in [-0.05, 0) is 39.2 Å². The molecule has 0 bridgehead atoms. The molecule has 1 aliphatic carbocycles. The third-order valence-electron chi connectivity index (χ3n) is 4.44. The predicted octanol–water partition coefficient (Wildman–Crippen LogP) is 3.12. The number of rotatable bonds is 7. The molecule has 1 aliphatic rings. The Hall–Kier alpha value is -2.32. The van der Waals surface area contributed by atoms with Crippen LogP contribution in [-0.2, 0) is 19.3 Å². The van der Waals surface area contributed by atoms with E-state index in [2.05, 4.69) is 15.5 Å². The van der Waals surface area contributed by atoms with Crippen molar-refractivity contribution in [2.75, 3.05) is 6.54 Å². The largest absolute Gasteiger partial charge is 0.435 e.